The van der Waals surface area contributed by atoms with Crippen LogP contribution in [-0.2, 0) is 80.3 Å². The first-order valence-electron chi connectivity index (χ1n) is 44.5. The fourth-order valence-electron chi connectivity index (χ4n) is 15.9. The summed E-state index contributed by atoms with van der Waals surface area (Å²) in [7, 11) is -4.95. The van der Waals surface area contributed by atoms with E-state index in [1.54, 1.807) is 0 Å². The Morgan fingerprint density at radius 3 is 0.677 bits per heavy atom. The van der Waals surface area contributed by atoms with Crippen molar-refractivity contribution in [3.63, 3.8) is 0 Å². The molecular weight excluding hydrogens is 1740 g/mol. The van der Waals surface area contributed by atoms with Crippen LogP contribution in [0.1, 0.15) is 211 Å². The second-order valence-corrected chi connectivity index (χ2v) is 53.7. The molecular formula is C108H112N16O2Si2Zn2. The molecule has 6 aromatic heterocycles. The molecule has 4 aliphatic rings. The zero-order chi connectivity index (χ0) is 91.2. The van der Waals surface area contributed by atoms with Gasteiger partial charge in [0.05, 0.1) is 59.8 Å². The molecule has 18 rings (SSSR count). The Labute approximate surface area is 790 Å². The molecule has 10 heterocycles. The minimum absolute atomic E-state index is 0. The molecule has 0 N–H and O–H groups in total. The van der Waals surface area contributed by atoms with Crippen LogP contribution in [0.25, 0.3) is 179 Å². The molecule has 0 spiro atoms. The molecule has 0 saturated heterocycles. The fourth-order valence-corrected chi connectivity index (χ4v) is 17.8. The Kier molecular flexibility index (Phi) is 23.0. The van der Waals surface area contributed by atoms with Crippen LogP contribution in [0.5, 0.6) is 0 Å². The number of benzene rings is 8. The Morgan fingerprint density at radius 2 is 0.446 bits per heavy atom. The van der Waals surface area contributed by atoms with E-state index in [0.717, 1.165) is 121 Å². The number of hydrogen-bond acceptors (Lipinski definition) is 14. The van der Waals surface area contributed by atoms with Gasteiger partial charge in [0.1, 0.15) is 0 Å². The Bertz CT molecular complexity index is 7610. The SMILES string of the molecule is CC(C)(C)c1ccc2c(c1)-c1nc-2nc2[n-]c(nc3nc(nc4[n-]c(n1)c1ccc(C(C)(C)C)cc41)-c1ccc(C#C/C(CO[Si](C)(C)C(C)(C)C)=C(/C#Cc4ccc5c(c4)-c4nc-5nc5[n-]c(nc6nc(nc7[n-]c(n4)c4ccc(C(C)(C)C)cc74)-c4ccc(C(C)(C)C)cc4-6)c4cc(C(C)(C)C)ccc54)CO[Si](C)(C)C(C)(C)C)cc1-3)c1cc(C(C)(C)C)ccc21.[Zn+2].[Zn+2]. The van der Waals surface area contributed by atoms with E-state index in [2.05, 4.69) is 337 Å². The van der Waals surface area contributed by atoms with Crippen molar-refractivity contribution >= 4 is 105 Å². The van der Waals surface area contributed by atoms with Crippen LogP contribution in [0, 0.1) is 23.7 Å². The Balaban J connectivity index is 0.00000618. The van der Waals surface area contributed by atoms with Crippen molar-refractivity contribution < 1.29 is 47.8 Å². The third-order valence-corrected chi connectivity index (χ3v) is 35.4. The summed E-state index contributed by atoms with van der Waals surface area (Å²) in [6.45, 7) is 62.8. The predicted molar refractivity (Wildman–Crippen MR) is 527 cm³/mol. The molecule has 4 aliphatic heterocycles. The van der Waals surface area contributed by atoms with Gasteiger partial charge in [0, 0.05) is 112 Å². The van der Waals surface area contributed by atoms with Gasteiger partial charge in [-0.2, -0.15) is 0 Å². The van der Waals surface area contributed by atoms with E-state index in [0.29, 0.717) is 114 Å². The number of aromatic nitrogens is 16. The minimum Gasteiger partial charge on any atom is -0.412 e. The maximum absolute atomic E-state index is 7.28. The maximum atomic E-state index is 7.28. The van der Waals surface area contributed by atoms with Crippen molar-refractivity contribution in [3.8, 4) is 115 Å². The molecule has 16 bridgehead atoms. The summed E-state index contributed by atoms with van der Waals surface area (Å²) < 4.78 is 14.6. The Morgan fingerprint density at radius 1 is 0.246 bits per heavy atom. The van der Waals surface area contributed by atoms with E-state index in [9.17, 15) is 0 Å². The molecule has 0 aliphatic carbocycles. The smallest absolute Gasteiger partial charge is 0.412 e. The topological polar surface area (TPSA) is 230 Å². The Hall–Kier alpha value is -11.1. The van der Waals surface area contributed by atoms with Crippen molar-refractivity contribution in [2.45, 2.75) is 235 Å². The standard InChI is InChI=1S/C108H112N16O2Si2.2Zn/c1-101(2,3)63-35-43-71-79(51-63)96-115-88(71)110-89-72-44-36-66(104(10,11)12)54-82(72)98(116-89)123-94-78-50-60(32-42-70(78)86(112-94)114-95-81-53-65(103(7,8)9)39-47-75(81)91(119-95)120-96)30-34-62(58-126-128(27,28)108(22,23)24)61(57-125-127(25,26)107(19,20)21)33-29-59-31-41-69-77(49-59)93-111-85(69)109-87-73-45-37-67(105(13,14)15)55-83(73)99(117-87)124-100-84-56-68(106(16,17)18)40-48-76(84)92(122-100)121-97-80-52-64(102(4,5)6)38-46-74(80)90(113-93)118-97;;/h31-32,35-56H,57-58H2,1-28H3;;/q-4;2*+2/b62-61+;;. The van der Waals surface area contributed by atoms with Crippen LogP contribution in [0.2, 0.25) is 36.3 Å². The molecule has 18 nitrogen and oxygen atoms in total. The number of nitrogens with zero attached hydrogens (tertiary/aromatic N) is 16. The molecule has 0 radical (unpaired) electrons. The van der Waals surface area contributed by atoms with Crippen molar-refractivity contribution in [1.29, 1.82) is 0 Å². The van der Waals surface area contributed by atoms with Gasteiger partial charge in [-0.05, 0) is 206 Å². The van der Waals surface area contributed by atoms with E-state index in [4.69, 9.17) is 88.6 Å². The molecule has 0 unspecified atom stereocenters. The zero-order valence-corrected chi connectivity index (χ0v) is 88.6. The van der Waals surface area contributed by atoms with Crippen LogP contribution >= 0.6 is 0 Å². The third kappa shape index (κ3) is 17.4. The van der Waals surface area contributed by atoms with Crippen LogP contribution in [0.4, 0.5) is 0 Å². The first-order chi connectivity index (χ1) is 59.8. The van der Waals surface area contributed by atoms with Gasteiger partial charge in [0.15, 0.2) is 16.6 Å². The third-order valence-electron chi connectivity index (χ3n) is 26.4. The summed E-state index contributed by atoms with van der Waals surface area (Å²) in [4.78, 5) is 86.3. The van der Waals surface area contributed by atoms with E-state index in [1.165, 1.54) is 0 Å². The van der Waals surface area contributed by atoms with Crippen molar-refractivity contribution in [2.24, 2.45) is 0 Å². The first kappa shape index (κ1) is 92.2. The molecule has 0 atom stereocenters. The van der Waals surface area contributed by atoms with E-state index >= 15 is 0 Å². The quantitative estimate of drug-likeness (QED) is 0.111. The van der Waals surface area contributed by atoms with E-state index in [1.807, 2.05) is 24.3 Å². The second-order valence-electron chi connectivity index (χ2n) is 44.1. The minimum atomic E-state index is -2.48. The first-order valence-corrected chi connectivity index (χ1v) is 50.3. The number of rotatable bonds is 6. The number of fused-ring (bicyclic) bond motifs is 40. The fraction of sp³-hybridized carbons (Fsp3) is 0.352. The summed E-state index contributed by atoms with van der Waals surface area (Å²) in [5, 5.41) is 6.39. The summed E-state index contributed by atoms with van der Waals surface area (Å²) in [6, 6.07) is 51.0. The summed E-state index contributed by atoms with van der Waals surface area (Å²) in [6.07, 6.45) is 0. The van der Waals surface area contributed by atoms with Crippen molar-refractivity contribution in [3.05, 3.63) is 201 Å². The zero-order valence-electron chi connectivity index (χ0n) is 80.7. The van der Waals surface area contributed by atoms with Crippen LogP contribution in [-0.4, -0.2) is 89.7 Å². The van der Waals surface area contributed by atoms with E-state index in [-0.39, 0.29) is 94.7 Å². The average Bonchev–Trinajstić information content (AvgIpc) is 1.59. The molecule has 0 amide bonds. The van der Waals surface area contributed by atoms with Gasteiger partial charge >= 0.3 is 39.0 Å². The molecule has 130 heavy (non-hydrogen) atoms. The molecule has 14 aromatic rings. The summed E-state index contributed by atoms with van der Waals surface area (Å²) >= 11 is 0. The van der Waals surface area contributed by atoms with Gasteiger partial charge in [0.2, 0.25) is 0 Å². The van der Waals surface area contributed by atoms with Gasteiger partial charge in [-0.25, -0.2) is 19.9 Å². The van der Waals surface area contributed by atoms with Gasteiger partial charge in [-0.3, -0.25) is 0 Å². The van der Waals surface area contributed by atoms with Gasteiger partial charge in [-0.1, -0.05) is 275 Å². The molecule has 648 valence electrons. The summed E-state index contributed by atoms with van der Waals surface area (Å²) in [5.41, 5.74) is 18.7. The van der Waals surface area contributed by atoms with Crippen molar-refractivity contribution in [1.82, 2.24) is 79.7 Å². The van der Waals surface area contributed by atoms with Gasteiger partial charge < -0.3 is 68.7 Å². The van der Waals surface area contributed by atoms with Crippen LogP contribution in [0.15, 0.2) is 157 Å². The largest absolute Gasteiger partial charge is 2.00 e. The van der Waals surface area contributed by atoms with Crippen LogP contribution in [0.3, 0.4) is 0 Å². The number of hydrogen-bond donors (Lipinski definition) is 0. The van der Waals surface area contributed by atoms with Crippen molar-refractivity contribution in [2.75, 3.05) is 13.2 Å². The van der Waals surface area contributed by atoms with E-state index < -0.39 is 16.6 Å². The maximum Gasteiger partial charge on any atom is 2.00 e. The van der Waals surface area contributed by atoms with Gasteiger partial charge in [0.25, 0.3) is 0 Å². The average molecular weight is 1850 g/mol. The monoisotopic (exact) mass is 1850 g/mol. The van der Waals surface area contributed by atoms with Crippen LogP contribution < -0.4 is 19.9 Å². The molecule has 8 aromatic carbocycles. The normalized spacial score (nSPS) is 13.4. The second kappa shape index (κ2) is 32.5. The predicted octanol–water partition coefficient (Wildman–Crippen LogP) is 25.1. The molecule has 0 saturated carbocycles. The van der Waals surface area contributed by atoms with Gasteiger partial charge in [-0.15, -0.1) is 0 Å². The molecule has 0 fully saturated rings. The molecule has 22 heteroatoms. The summed E-state index contributed by atoms with van der Waals surface area (Å²) in [5.74, 6) is 18.5.